The first kappa shape index (κ1) is 14.7. The molecule has 2 saturated heterocycles. The predicted octanol–water partition coefficient (Wildman–Crippen LogP) is 2.54. The fraction of sp³-hybridized carbons (Fsp3) is 0.533. The average Bonchev–Trinajstić information content (AvgIpc) is 3.08. The molecule has 0 radical (unpaired) electrons. The summed E-state index contributed by atoms with van der Waals surface area (Å²) in [5.74, 6) is 0.424. The van der Waals surface area contributed by atoms with Crippen LogP contribution in [0.5, 0.6) is 0 Å². The molecule has 21 heavy (non-hydrogen) atoms. The van der Waals surface area contributed by atoms with E-state index in [1.165, 1.54) is 17.8 Å². The van der Waals surface area contributed by atoms with Gasteiger partial charge in [-0.3, -0.25) is 0 Å². The van der Waals surface area contributed by atoms with Crippen molar-refractivity contribution in [2.24, 2.45) is 0 Å². The molecule has 3 atom stereocenters. The Bertz CT molecular complexity index is 514. The summed E-state index contributed by atoms with van der Waals surface area (Å²) in [5.41, 5.74) is 0. The zero-order valence-electron chi connectivity index (χ0n) is 11.7. The molecule has 2 fully saturated rings. The molecular formula is C15H19FN2O2S. The van der Waals surface area contributed by atoms with Crippen molar-refractivity contribution in [3.05, 3.63) is 30.1 Å². The Balaban J connectivity index is 1.34. The highest BCUT2D eigenvalue weighted by molar-refractivity contribution is 7.99. The van der Waals surface area contributed by atoms with E-state index < -0.39 is 0 Å². The molecular weight excluding hydrogens is 291 g/mol. The van der Waals surface area contributed by atoms with Crippen LogP contribution in [-0.4, -0.2) is 36.6 Å². The fourth-order valence-corrected chi connectivity index (χ4v) is 3.70. The molecule has 2 heterocycles. The molecule has 2 aliphatic heterocycles. The Morgan fingerprint density at radius 3 is 2.95 bits per heavy atom. The maximum Gasteiger partial charge on any atom is 0.315 e. The Morgan fingerprint density at radius 1 is 1.38 bits per heavy atom. The van der Waals surface area contributed by atoms with E-state index in [0.29, 0.717) is 23.3 Å². The van der Waals surface area contributed by atoms with Crippen LogP contribution >= 0.6 is 11.8 Å². The van der Waals surface area contributed by atoms with Gasteiger partial charge in [0.2, 0.25) is 0 Å². The van der Waals surface area contributed by atoms with Gasteiger partial charge in [-0.05, 0) is 31.4 Å². The van der Waals surface area contributed by atoms with Crippen LogP contribution in [0, 0.1) is 5.82 Å². The second-order valence-corrected chi connectivity index (χ2v) is 6.53. The Hall–Kier alpha value is -1.27. The van der Waals surface area contributed by atoms with Gasteiger partial charge in [-0.2, -0.15) is 0 Å². The molecule has 0 aromatic heterocycles. The summed E-state index contributed by atoms with van der Waals surface area (Å²) >= 11 is 1.40. The summed E-state index contributed by atoms with van der Waals surface area (Å²) in [5, 5.41) is 5.77. The summed E-state index contributed by atoms with van der Waals surface area (Å²) < 4.78 is 19.1. The third-order valence-electron chi connectivity index (χ3n) is 3.90. The lowest BCUT2D eigenvalue weighted by Crippen LogP contribution is -2.46. The number of ether oxygens (including phenoxy) is 1. The lowest BCUT2D eigenvalue weighted by molar-refractivity contribution is 0.0981. The summed E-state index contributed by atoms with van der Waals surface area (Å²) in [7, 11) is 0. The van der Waals surface area contributed by atoms with Gasteiger partial charge in [0.1, 0.15) is 5.82 Å². The van der Waals surface area contributed by atoms with Gasteiger partial charge in [0.15, 0.2) is 0 Å². The highest BCUT2D eigenvalue weighted by Crippen LogP contribution is 2.34. The minimum atomic E-state index is -0.217. The molecule has 0 saturated carbocycles. The van der Waals surface area contributed by atoms with Crippen molar-refractivity contribution in [2.75, 3.05) is 12.3 Å². The molecule has 2 N–H and O–H groups in total. The second-order valence-electron chi connectivity index (χ2n) is 5.40. The Morgan fingerprint density at radius 2 is 2.24 bits per heavy atom. The van der Waals surface area contributed by atoms with Crippen molar-refractivity contribution < 1.29 is 13.9 Å². The highest BCUT2D eigenvalue weighted by atomic mass is 32.2. The Kier molecular flexibility index (Phi) is 4.65. The second kappa shape index (κ2) is 6.66. The van der Waals surface area contributed by atoms with Crippen LogP contribution in [0.3, 0.4) is 0 Å². The van der Waals surface area contributed by atoms with Gasteiger partial charge in [-0.15, -0.1) is 11.8 Å². The van der Waals surface area contributed by atoms with Crippen LogP contribution < -0.4 is 10.6 Å². The highest BCUT2D eigenvalue weighted by Gasteiger charge is 2.41. The van der Waals surface area contributed by atoms with Gasteiger partial charge < -0.3 is 15.4 Å². The van der Waals surface area contributed by atoms with Gasteiger partial charge >= 0.3 is 6.03 Å². The van der Waals surface area contributed by atoms with Crippen molar-refractivity contribution >= 4 is 17.8 Å². The van der Waals surface area contributed by atoms with E-state index in [9.17, 15) is 9.18 Å². The van der Waals surface area contributed by atoms with E-state index in [1.54, 1.807) is 18.2 Å². The first-order valence-electron chi connectivity index (χ1n) is 7.29. The van der Waals surface area contributed by atoms with Crippen LogP contribution in [-0.2, 0) is 4.74 Å². The monoisotopic (exact) mass is 310 g/mol. The standard InChI is InChI=1S/C15H19FN2O2S/c16-11-3-1-2-4-14(11)21-8-7-17-15(19)18-12-9-10-5-6-13(12)20-10/h1-4,10,12-13H,5-9H2,(H2,17,18,19). The first-order valence-corrected chi connectivity index (χ1v) is 8.28. The van der Waals surface area contributed by atoms with Gasteiger partial charge in [0.05, 0.1) is 18.2 Å². The average molecular weight is 310 g/mol. The number of rotatable bonds is 5. The number of carbonyl (C=O) groups excluding carboxylic acids is 1. The molecule has 0 spiro atoms. The molecule has 1 aromatic rings. The molecule has 2 aliphatic rings. The summed E-state index contributed by atoms with van der Waals surface area (Å²) in [6.07, 6.45) is 3.59. The minimum Gasteiger partial charge on any atom is -0.373 e. The van der Waals surface area contributed by atoms with Crippen molar-refractivity contribution in [3.8, 4) is 0 Å². The van der Waals surface area contributed by atoms with E-state index in [-0.39, 0.29) is 24.0 Å². The maximum atomic E-state index is 13.4. The van der Waals surface area contributed by atoms with Crippen molar-refractivity contribution in [3.63, 3.8) is 0 Å². The molecule has 3 rings (SSSR count). The summed E-state index contributed by atoms with van der Waals surface area (Å²) in [6, 6.07) is 6.64. The largest absolute Gasteiger partial charge is 0.373 e. The van der Waals surface area contributed by atoms with Crippen molar-refractivity contribution in [1.29, 1.82) is 0 Å². The summed E-state index contributed by atoms with van der Waals surface area (Å²) in [6.45, 7) is 0.506. The molecule has 6 heteroatoms. The van der Waals surface area contributed by atoms with E-state index >= 15 is 0 Å². The van der Waals surface area contributed by atoms with Crippen molar-refractivity contribution in [2.45, 2.75) is 42.4 Å². The number of hydrogen-bond donors (Lipinski definition) is 2. The normalized spacial score (nSPS) is 26.8. The summed E-state index contributed by atoms with van der Waals surface area (Å²) in [4.78, 5) is 12.4. The molecule has 0 aliphatic carbocycles. The number of benzene rings is 1. The fourth-order valence-electron chi connectivity index (χ4n) is 2.90. The minimum absolute atomic E-state index is 0.142. The zero-order chi connectivity index (χ0) is 14.7. The molecule has 1 aromatic carbocycles. The Labute approximate surface area is 127 Å². The number of halogens is 1. The topological polar surface area (TPSA) is 50.4 Å². The molecule has 3 unspecified atom stereocenters. The van der Waals surface area contributed by atoms with Gasteiger partial charge in [-0.25, -0.2) is 9.18 Å². The molecule has 4 nitrogen and oxygen atoms in total. The van der Waals surface area contributed by atoms with E-state index in [4.69, 9.17) is 4.74 Å². The van der Waals surface area contributed by atoms with E-state index in [1.807, 2.05) is 0 Å². The van der Waals surface area contributed by atoms with Gasteiger partial charge in [-0.1, -0.05) is 12.1 Å². The number of nitrogens with one attached hydrogen (secondary N) is 2. The quantitative estimate of drug-likeness (QED) is 0.649. The van der Waals surface area contributed by atoms with Crippen LogP contribution in [0.15, 0.2) is 29.2 Å². The number of carbonyl (C=O) groups is 1. The first-order chi connectivity index (χ1) is 10.2. The number of hydrogen-bond acceptors (Lipinski definition) is 3. The van der Waals surface area contributed by atoms with Gasteiger partial charge in [0.25, 0.3) is 0 Å². The van der Waals surface area contributed by atoms with Crippen LogP contribution in [0.4, 0.5) is 9.18 Å². The van der Waals surface area contributed by atoms with Crippen LogP contribution in [0.2, 0.25) is 0 Å². The van der Waals surface area contributed by atoms with E-state index in [0.717, 1.165) is 19.3 Å². The molecule has 114 valence electrons. The van der Waals surface area contributed by atoms with Crippen molar-refractivity contribution in [1.82, 2.24) is 10.6 Å². The zero-order valence-corrected chi connectivity index (χ0v) is 12.5. The van der Waals surface area contributed by atoms with Gasteiger partial charge in [0, 0.05) is 17.2 Å². The number of fused-ring (bicyclic) bond motifs is 2. The number of urea groups is 1. The number of amides is 2. The lowest BCUT2D eigenvalue weighted by atomic mass is 9.96. The number of thioether (sulfide) groups is 1. The lowest BCUT2D eigenvalue weighted by Gasteiger charge is -2.20. The molecule has 2 amide bonds. The van der Waals surface area contributed by atoms with Crippen LogP contribution in [0.25, 0.3) is 0 Å². The smallest absolute Gasteiger partial charge is 0.315 e. The third-order valence-corrected chi connectivity index (χ3v) is 4.95. The van der Waals surface area contributed by atoms with E-state index in [2.05, 4.69) is 10.6 Å². The van der Waals surface area contributed by atoms with Crippen LogP contribution in [0.1, 0.15) is 19.3 Å². The predicted molar refractivity (Wildman–Crippen MR) is 80.0 cm³/mol. The SMILES string of the molecule is O=C(NCCSc1ccccc1F)NC1CC2CCC1O2. The molecule has 2 bridgehead atoms. The maximum absolute atomic E-state index is 13.4. The third kappa shape index (κ3) is 3.68.